The van der Waals surface area contributed by atoms with Crippen molar-refractivity contribution >= 4 is 11.9 Å². The summed E-state index contributed by atoms with van der Waals surface area (Å²) in [5.74, 6) is 0.740. The predicted molar refractivity (Wildman–Crippen MR) is 89.8 cm³/mol. The summed E-state index contributed by atoms with van der Waals surface area (Å²) in [6.07, 6.45) is 1.47. The van der Waals surface area contributed by atoms with E-state index in [0.29, 0.717) is 32.7 Å². The molecule has 1 aliphatic carbocycles. The summed E-state index contributed by atoms with van der Waals surface area (Å²) in [5.41, 5.74) is 1.10. The van der Waals surface area contributed by atoms with E-state index in [4.69, 9.17) is 9.47 Å². The molecule has 0 spiro atoms. The molecule has 2 heterocycles. The first-order chi connectivity index (χ1) is 12.0. The number of benzene rings is 1. The average molecular weight is 345 g/mol. The van der Waals surface area contributed by atoms with Crippen LogP contribution in [0.25, 0.3) is 0 Å². The summed E-state index contributed by atoms with van der Waals surface area (Å²) < 4.78 is 11.2. The Morgan fingerprint density at radius 2 is 1.88 bits per heavy atom. The van der Waals surface area contributed by atoms with Crippen LogP contribution in [0.3, 0.4) is 0 Å². The lowest BCUT2D eigenvalue weighted by molar-refractivity contribution is -0.147. The van der Waals surface area contributed by atoms with Crippen LogP contribution < -0.4 is 9.47 Å². The van der Waals surface area contributed by atoms with Gasteiger partial charge in [-0.2, -0.15) is 0 Å². The Morgan fingerprint density at radius 3 is 2.64 bits per heavy atom. The standard InChI is InChI=1S/C19H23NO5/c1-11-6-13(19(22)23)10-20(9-11)18(21)15-8-14(15)12-2-3-16-17(7-12)25-5-4-24-16/h2-3,7,11,13-15H,4-6,8-10H2,1H3,(H,22,23). The van der Waals surface area contributed by atoms with Gasteiger partial charge in [0.1, 0.15) is 13.2 Å². The highest BCUT2D eigenvalue weighted by Crippen LogP contribution is 2.50. The van der Waals surface area contributed by atoms with Gasteiger partial charge >= 0.3 is 5.97 Å². The third kappa shape index (κ3) is 3.17. The third-order valence-electron chi connectivity index (χ3n) is 5.42. The van der Waals surface area contributed by atoms with Crippen molar-refractivity contribution in [3.05, 3.63) is 23.8 Å². The van der Waals surface area contributed by atoms with Gasteiger partial charge in [-0.15, -0.1) is 0 Å². The number of nitrogens with zero attached hydrogens (tertiary/aromatic N) is 1. The molecule has 3 aliphatic rings. The number of rotatable bonds is 3. The molecule has 4 atom stereocenters. The van der Waals surface area contributed by atoms with Gasteiger partial charge in [0.25, 0.3) is 0 Å². The minimum atomic E-state index is -0.802. The lowest BCUT2D eigenvalue weighted by Gasteiger charge is -2.35. The fourth-order valence-corrected chi connectivity index (χ4v) is 4.07. The fraction of sp³-hybridized carbons (Fsp3) is 0.579. The van der Waals surface area contributed by atoms with E-state index in [0.717, 1.165) is 23.5 Å². The molecular weight excluding hydrogens is 322 g/mol. The minimum Gasteiger partial charge on any atom is -0.486 e. The van der Waals surface area contributed by atoms with Gasteiger partial charge in [0.15, 0.2) is 11.5 Å². The molecule has 1 saturated carbocycles. The second-order valence-electron chi connectivity index (χ2n) is 7.47. The molecule has 2 fully saturated rings. The molecule has 1 aromatic carbocycles. The van der Waals surface area contributed by atoms with Crippen LogP contribution in [0.1, 0.15) is 31.2 Å². The number of carbonyl (C=O) groups excluding carboxylic acids is 1. The summed E-state index contributed by atoms with van der Waals surface area (Å²) in [5, 5.41) is 9.29. The average Bonchev–Trinajstić information content (AvgIpc) is 3.41. The first-order valence-electron chi connectivity index (χ1n) is 8.94. The van der Waals surface area contributed by atoms with Crippen molar-refractivity contribution in [1.29, 1.82) is 0 Å². The van der Waals surface area contributed by atoms with Crippen molar-refractivity contribution in [1.82, 2.24) is 4.90 Å². The molecule has 6 heteroatoms. The number of piperidine rings is 1. The molecule has 134 valence electrons. The first kappa shape index (κ1) is 16.2. The van der Waals surface area contributed by atoms with Crippen LogP contribution in [0, 0.1) is 17.8 Å². The molecule has 0 radical (unpaired) electrons. The van der Waals surface area contributed by atoms with E-state index in [-0.39, 0.29) is 23.7 Å². The van der Waals surface area contributed by atoms with E-state index in [1.165, 1.54) is 0 Å². The van der Waals surface area contributed by atoms with Crippen LogP contribution in [-0.4, -0.2) is 48.2 Å². The van der Waals surface area contributed by atoms with E-state index >= 15 is 0 Å². The van der Waals surface area contributed by atoms with Gasteiger partial charge in [-0.3, -0.25) is 9.59 Å². The summed E-state index contributed by atoms with van der Waals surface area (Å²) in [6, 6.07) is 5.89. The zero-order valence-corrected chi connectivity index (χ0v) is 14.3. The number of hydrogen-bond acceptors (Lipinski definition) is 4. The molecule has 25 heavy (non-hydrogen) atoms. The molecule has 4 rings (SSSR count). The predicted octanol–water partition coefficient (Wildman–Crippen LogP) is 2.13. The maximum absolute atomic E-state index is 12.8. The second-order valence-corrected chi connectivity index (χ2v) is 7.47. The number of likely N-dealkylation sites (tertiary alicyclic amines) is 1. The Bertz CT molecular complexity index is 703. The quantitative estimate of drug-likeness (QED) is 0.908. The summed E-state index contributed by atoms with van der Waals surface area (Å²) in [7, 11) is 0. The van der Waals surface area contributed by atoms with E-state index in [1.54, 1.807) is 4.90 Å². The normalized spacial score (nSPS) is 30.7. The number of ether oxygens (including phenoxy) is 2. The minimum absolute atomic E-state index is 0.0395. The van der Waals surface area contributed by atoms with Crippen LogP contribution in [0.4, 0.5) is 0 Å². The third-order valence-corrected chi connectivity index (χ3v) is 5.42. The van der Waals surface area contributed by atoms with Crippen molar-refractivity contribution in [2.75, 3.05) is 26.3 Å². The lowest BCUT2D eigenvalue weighted by atomic mass is 9.90. The van der Waals surface area contributed by atoms with Crippen molar-refractivity contribution in [2.24, 2.45) is 17.8 Å². The smallest absolute Gasteiger partial charge is 0.308 e. The van der Waals surface area contributed by atoms with Gasteiger partial charge in [0.2, 0.25) is 5.91 Å². The number of amides is 1. The molecule has 0 aromatic heterocycles. The van der Waals surface area contributed by atoms with Crippen LogP contribution in [-0.2, 0) is 9.59 Å². The number of carboxylic acids is 1. The van der Waals surface area contributed by atoms with Gasteiger partial charge in [0.05, 0.1) is 5.92 Å². The van der Waals surface area contributed by atoms with Crippen molar-refractivity contribution in [3.63, 3.8) is 0 Å². The molecule has 6 nitrogen and oxygen atoms in total. The molecule has 1 N–H and O–H groups in total. The van der Waals surface area contributed by atoms with Crippen molar-refractivity contribution in [3.8, 4) is 11.5 Å². The van der Waals surface area contributed by atoms with Gasteiger partial charge in [-0.05, 0) is 42.4 Å². The van der Waals surface area contributed by atoms with E-state index in [9.17, 15) is 14.7 Å². The van der Waals surface area contributed by atoms with Crippen LogP contribution in [0.2, 0.25) is 0 Å². The van der Waals surface area contributed by atoms with Crippen LogP contribution in [0.15, 0.2) is 18.2 Å². The molecule has 0 bridgehead atoms. The van der Waals surface area contributed by atoms with Gasteiger partial charge < -0.3 is 19.5 Å². The molecular formula is C19H23NO5. The SMILES string of the molecule is CC1CC(C(=O)O)CN(C(=O)C2CC2c2ccc3c(c2)OCCO3)C1. The molecule has 1 amide bonds. The Hall–Kier alpha value is -2.24. The maximum atomic E-state index is 12.8. The highest BCUT2D eigenvalue weighted by molar-refractivity contribution is 5.84. The van der Waals surface area contributed by atoms with Crippen LogP contribution >= 0.6 is 0 Å². The summed E-state index contributed by atoms with van der Waals surface area (Å²) in [6.45, 7) is 4.12. The van der Waals surface area contributed by atoms with E-state index in [2.05, 4.69) is 0 Å². The highest BCUT2D eigenvalue weighted by atomic mass is 16.6. The largest absolute Gasteiger partial charge is 0.486 e. The fourth-order valence-electron chi connectivity index (χ4n) is 4.07. The molecule has 2 aliphatic heterocycles. The molecule has 1 aromatic rings. The van der Waals surface area contributed by atoms with Crippen molar-refractivity contribution < 1.29 is 24.2 Å². The van der Waals surface area contributed by atoms with Crippen LogP contribution in [0.5, 0.6) is 11.5 Å². The zero-order valence-electron chi connectivity index (χ0n) is 14.3. The number of hydrogen-bond donors (Lipinski definition) is 1. The number of aliphatic carboxylic acids is 1. The topological polar surface area (TPSA) is 76.1 Å². The lowest BCUT2D eigenvalue weighted by Crippen LogP contribution is -2.46. The van der Waals surface area contributed by atoms with Gasteiger partial charge in [-0.1, -0.05) is 13.0 Å². The Morgan fingerprint density at radius 1 is 1.12 bits per heavy atom. The number of fused-ring (bicyclic) bond motifs is 1. The van der Waals surface area contributed by atoms with Gasteiger partial charge in [-0.25, -0.2) is 0 Å². The Kier molecular flexibility index (Phi) is 4.06. The summed E-state index contributed by atoms with van der Waals surface area (Å²) >= 11 is 0. The highest BCUT2D eigenvalue weighted by Gasteiger charge is 2.47. The Balaban J connectivity index is 1.44. The molecule has 4 unspecified atom stereocenters. The number of carboxylic acid groups (broad SMARTS) is 1. The van der Waals surface area contributed by atoms with E-state index < -0.39 is 11.9 Å². The molecule has 1 saturated heterocycles. The monoisotopic (exact) mass is 345 g/mol. The Labute approximate surface area is 146 Å². The summed E-state index contributed by atoms with van der Waals surface area (Å²) in [4.78, 5) is 25.9. The zero-order chi connectivity index (χ0) is 17.6. The van der Waals surface area contributed by atoms with Gasteiger partial charge in [0, 0.05) is 19.0 Å². The first-order valence-corrected chi connectivity index (χ1v) is 8.94. The number of carbonyl (C=O) groups is 2. The van der Waals surface area contributed by atoms with Crippen molar-refractivity contribution in [2.45, 2.75) is 25.7 Å². The maximum Gasteiger partial charge on any atom is 0.308 e. The van der Waals surface area contributed by atoms with E-state index in [1.807, 2.05) is 25.1 Å². The second kappa shape index (κ2) is 6.24.